The molecule has 0 aliphatic carbocycles. The molecule has 1 fully saturated rings. The number of methoxy groups -OCH3 is 1. The van der Waals surface area contributed by atoms with Gasteiger partial charge in [-0.05, 0) is 36.9 Å². The number of nitrogens with zero attached hydrogens (tertiary/aromatic N) is 2. The number of imidazole rings is 1. The number of piperidine rings is 1. The molecule has 2 aromatic rings. The van der Waals surface area contributed by atoms with E-state index in [1.807, 2.05) is 0 Å². The summed E-state index contributed by atoms with van der Waals surface area (Å²) in [6, 6.07) is 8.68. The maximum atomic E-state index is 5.29. The summed E-state index contributed by atoms with van der Waals surface area (Å²) < 4.78 is 7.61. The summed E-state index contributed by atoms with van der Waals surface area (Å²) in [5, 5.41) is 3.68. The average Bonchev–Trinajstić information content (AvgIpc) is 2.83. The van der Waals surface area contributed by atoms with E-state index in [2.05, 4.69) is 48.0 Å². The smallest absolute Gasteiger partial charge is 0.127 e. The Morgan fingerprint density at radius 2 is 2.19 bits per heavy atom. The maximum absolute atomic E-state index is 5.29. The fourth-order valence-corrected chi connectivity index (χ4v) is 3.38. The number of para-hydroxylation sites is 2. The van der Waals surface area contributed by atoms with Crippen molar-refractivity contribution in [3.63, 3.8) is 0 Å². The molecule has 1 saturated heterocycles. The molecular formula is C17H25N3O. The first-order valence-corrected chi connectivity index (χ1v) is 7.81. The largest absolute Gasteiger partial charge is 0.383 e. The number of aromatic nitrogens is 2. The SMILES string of the molecule is COCCn1c(C2NCCCC2(C)C)nc2ccccc21. The zero-order valence-electron chi connectivity index (χ0n) is 13.2. The molecule has 1 unspecified atom stereocenters. The Morgan fingerprint density at radius 3 is 2.95 bits per heavy atom. The second kappa shape index (κ2) is 5.78. The minimum absolute atomic E-state index is 0.227. The molecular weight excluding hydrogens is 262 g/mol. The zero-order valence-corrected chi connectivity index (χ0v) is 13.2. The van der Waals surface area contributed by atoms with E-state index in [1.165, 1.54) is 18.4 Å². The topological polar surface area (TPSA) is 39.1 Å². The van der Waals surface area contributed by atoms with Crippen LogP contribution in [0.15, 0.2) is 24.3 Å². The van der Waals surface area contributed by atoms with Crippen LogP contribution in [-0.2, 0) is 11.3 Å². The van der Waals surface area contributed by atoms with Crippen molar-refractivity contribution in [2.45, 2.75) is 39.3 Å². The normalized spacial score (nSPS) is 21.8. The van der Waals surface area contributed by atoms with Crippen LogP contribution >= 0.6 is 0 Å². The quantitative estimate of drug-likeness (QED) is 0.939. The summed E-state index contributed by atoms with van der Waals surface area (Å²) in [6.45, 7) is 7.30. The van der Waals surface area contributed by atoms with Gasteiger partial charge in [-0.15, -0.1) is 0 Å². The van der Waals surface area contributed by atoms with Gasteiger partial charge in [0, 0.05) is 13.7 Å². The van der Waals surface area contributed by atoms with Gasteiger partial charge in [-0.3, -0.25) is 0 Å². The number of rotatable bonds is 4. The summed E-state index contributed by atoms with van der Waals surface area (Å²) >= 11 is 0. The molecule has 1 aliphatic rings. The Bertz CT molecular complexity index is 618. The molecule has 0 saturated carbocycles. The number of nitrogens with one attached hydrogen (secondary N) is 1. The standard InChI is InChI=1S/C17H25N3O/c1-17(2)9-6-10-18-15(17)16-19-13-7-4-5-8-14(13)20(16)11-12-21-3/h4-5,7-8,15,18H,6,9-12H2,1-3H3. The molecule has 1 aromatic heterocycles. The first-order valence-electron chi connectivity index (χ1n) is 7.81. The molecule has 21 heavy (non-hydrogen) atoms. The van der Waals surface area contributed by atoms with Crippen LogP contribution < -0.4 is 5.32 Å². The van der Waals surface area contributed by atoms with Crippen molar-refractivity contribution in [3.8, 4) is 0 Å². The van der Waals surface area contributed by atoms with E-state index < -0.39 is 0 Å². The molecule has 4 nitrogen and oxygen atoms in total. The van der Waals surface area contributed by atoms with E-state index in [1.54, 1.807) is 7.11 Å². The molecule has 1 aromatic carbocycles. The van der Waals surface area contributed by atoms with Gasteiger partial charge in [0.2, 0.25) is 0 Å². The summed E-state index contributed by atoms with van der Waals surface area (Å²) in [5.41, 5.74) is 2.50. The lowest BCUT2D eigenvalue weighted by Crippen LogP contribution is -2.41. The van der Waals surface area contributed by atoms with Crippen LogP contribution in [-0.4, -0.2) is 29.8 Å². The van der Waals surface area contributed by atoms with Gasteiger partial charge in [0.05, 0.1) is 23.7 Å². The van der Waals surface area contributed by atoms with Gasteiger partial charge in [-0.25, -0.2) is 4.98 Å². The Morgan fingerprint density at radius 1 is 1.38 bits per heavy atom. The molecule has 0 spiro atoms. The Kier molecular flexibility index (Phi) is 4.00. The molecule has 1 atom stereocenters. The fourth-order valence-electron chi connectivity index (χ4n) is 3.38. The number of ether oxygens (including phenoxy) is 1. The molecule has 2 heterocycles. The molecule has 0 bridgehead atoms. The Hall–Kier alpha value is -1.39. The van der Waals surface area contributed by atoms with Gasteiger partial charge in [-0.1, -0.05) is 26.0 Å². The van der Waals surface area contributed by atoms with Crippen molar-refractivity contribution in [1.82, 2.24) is 14.9 Å². The van der Waals surface area contributed by atoms with Gasteiger partial charge in [-0.2, -0.15) is 0 Å². The molecule has 0 radical (unpaired) electrons. The molecule has 0 amide bonds. The third kappa shape index (κ3) is 2.70. The van der Waals surface area contributed by atoms with Crippen LogP contribution in [0.1, 0.15) is 38.6 Å². The van der Waals surface area contributed by atoms with Crippen molar-refractivity contribution in [3.05, 3.63) is 30.1 Å². The Labute approximate surface area is 126 Å². The third-order valence-corrected chi connectivity index (χ3v) is 4.59. The minimum atomic E-state index is 0.227. The van der Waals surface area contributed by atoms with Gasteiger partial charge < -0.3 is 14.6 Å². The number of hydrogen-bond donors (Lipinski definition) is 1. The summed E-state index contributed by atoms with van der Waals surface area (Å²) in [4.78, 5) is 4.93. The maximum Gasteiger partial charge on any atom is 0.127 e. The van der Waals surface area contributed by atoms with E-state index in [-0.39, 0.29) is 5.41 Å². The van der Waals surface area contributed by atoms with E-state index >= 15 is 0 Å². The van der Waals surface area contributed by atoms with E-state index in [0.29, 0.717) is 12.6 Å². The lowest BCUT2D eigenvalue weighted by molar-refractivity contribution is 0.161. The van der Waals surface area contributed by atoms with Crippen LogP contribution in [0, 0.1) is 5.41 Å². The number of fused-ring (bicyclic) bond motifs is 1. The summed E-state index contributed by atoms with van der Waals surface area (Å²) in [5.74, 6) is 1.15. The molecule has 3 rings (SSSR count). The molecule has 1 N–H and O–H groups in total. The highest BCUT2D eigenvalue weighted by Gasteiger charge is 2.36. The molecule has 4 heteroatoms. The second-order valence-electron chi connectivity index (χ2n) is 6.58. The minimum Gasteiger partial charge on any atom is -0.383 e. The van der Waals surface area contributed by atoms with E-state index in [4.69, 9.17) is 9.72 Å². The predicted octanol–water partition coefficient (Wildman–Crippen LogP) is 3.13. The van der Waals surface area contributed by atoms with Crippen molar-refractivity contribution >= 4 is 11.0 Å². The van der Waals surface area contributed by atoms with Gasteiger partial charge in [0.25, 0.3) is 0 Å². The first-order chi connectivity index (χ1) is 10.1. The first kappa shape index (κ1) is 14.5. The zero-order chi connectivity index (χ0) is 14.9. The predicted molar refractivity (Wildman–Crippen MR) is 85.4 cm³/mol. The third-order valence-electron chi connectivity index (χ3n) is 4.59. The highest BCUT2D eigenvalue weighted by Crippen LogP contribution is 2.40. The second-order valence-corrected chi connectivity index (χ2v) is 6.58. The van der Waals surface area contributed by atoms with Crippen molar-refractivity contribution in [2.75, 3.05) is 20.3 Å². The van der Waals surface area contributed by atoms with E-state index in [0.717, 1.165) is 24.4 Å². The van der Waals surface area contributed by atoms with Gasteiger partial charge >= 0.3 is 0 Å². The van der Waals surface area contributed by atoms with Crippen LogP contribution in [0.3, 0.4) is 0 Å². The van der Waals surface area contributed by atoms with E-state index in [9.17, 15) is 0 Å². The number of hydrogen-bond acceptors (Lipinski definition) is 3. The Balaban J connectivity index is 2.07. The lowest BCUT2D eigenvalue weighted by Gasteiger charge is -2.39. The average molecular weight is 287 g/mol. The number of benzene rings is 1. The summed E-state index contributed by atoms with van der Waals surface area (Å²) in [6.07, 6.45) is 2.47. The molecule has 114 valence electrons. The fraction of sp³-hybridized carbons (Fsp3) is 0.588. The van der Waals surface area contributed by atoms with Crippen LogP contribution in [0.5, 0.6) is 0 Å². The van der Waals surface area contributed by atoms with Crippen LogP contribution in [0.4, 0.5) is 0 Å². The van der Waals surface area contributed by atoms with Crippen LogP contribution in [0.25, 0.3) is 11.0 Å². The van der Waals surface area contributed by atoms with Crippen LogP contribution in [0.2, 0.25) is 0 Å². The highest BCUT2D eigenvalue weighted by atomic mass is 16.5. The van der Waals surface area contributed by atoms with Gasteiger partial charge in [0.15, 0.2) is 0 Å². The van der Waals surface area contributed by atoms with Crippen molar-refractivity contribution in [1.29, 1.82) is 0 Å². The highest BCUT2D eigenvalue weighted by molar-refractivity contribution is 5.76. The summed E-state index contributed by atoms with van der Waals surface area (Å²) in [7, 11) is 1.75. The molecule has 1 aliphatic heterocycles. The van der Waals surface area contributed by atoms with Gasteiger partial charge in [0.1, 0.15) is 5.82 Å². The van der Waals surface area contributed by atoms with Crippen molar-refractivity contribution in [2.24, 2.45) is 5.41 Å². The lowest BCUT2D eigenvalue weighted by atomic mass is 9.77. The monoisotopic (exact) mass is 287 g/mol. The van der Waals surface area contributed by atoms with Crippen molar-refractivity contribution < 1.29 is 4.74 Å².